The normalized spacial score (nSPS) is 12.2. The summed E-state index contributed by atoms with van der Waals surface area (Å²) in [5, 5.41) is 5.60. The minimum Gasteiger partial charge on any atom is -0.456 e. The predicted molar refractivity (Wildman–Crippen MR) is 162 cm³/mol. The van der Waals surface area contributed by atoms with Crippen LogP contribution < -0.4 is 4.74 Å². The van der Waals surface area contributed by atoms with Crippen LogP contribution in [0.25, 0.3) is 71.8 Å². The lowest BCUT2D eigenvalue weighted by molar-refractivity contribution is 0.488. The molecule has 6 aromatic carbocycles. The lowest BCUT2D eigenvalue weighted by Crippen LogP contribution is -2.04. The summed E-state index contributed by atoms with van der Waals surface area (Å²) in [7, 11) is 0. The number of nitrogens with zero attached hydrogens (tertiary/aromatic N) is 3. The fourth-order valence-electron chi connectivity index (χ4n) is 6.22. The average molecular weight is 512 g/mol. The van der Waals surface area contributed by atoms with Gasteiger partial charge in [0.15, 0.2) is 0 Å². The summed E-state index contributed by atoms with van der Waals surface area (Å²) >= 11 is 0. The standard InChI is InChI=1S/C36H21N3O/c1-2-10-23(11-3-1)35-26-15-4-6-17-29(26)37-36(38-35)39-30-18-7-5-14-24(30)27-21-33-28(20-31(27)39)25-16-8-12-22-13-9-19-32(40-33)34(22)25/h1-21H. The van der Waals surface area contributed by atoms with Crippen molar-refractivity contribution in [2.45, 2.75) is 0 Å². The zero-order valence-electron chi connectivity index (χ0n) is 21.4. The zero-order valence-corrected chi connectivity index (χ0v) is 21.4. The average Bonchev–Trinajstić information content (AvgIpc) is 3.33. The van der Waals surface area contributed by atoms with E-state index >= 15 is 0 Å². The van der Waals surface area contributed by atoms with Crippen LogP contribution in [0.2, 0.25) is 0 Å². The molecule has 4 nitrogen and oxygen atoms in total. The Morgan fingerprint density at radius 2 is 1.30 bits per heavy atom. The lowest BCUT2D eigenvalue weighted by atomic mass is 9.94. The van der Waals surface area contributed by atoms with Crippen LogP contribution in [0.15, 0.2) is 127 Å². The van der Waals surface area contributed by atoms with E-state index in [1.165, 1.54) is 10.9 Å². The molecule has 0 fully saturated rings. The first-order valence-corrected chi connectivity index (χ1v) is 13.4. The maximum Gasteiger partial charge on any atom is 0.235 e. The van der Waals surface area contributed by atoms with Crippen LogP contribution >= 0.6 is 0 Å². The zero-order chi connectivity index (χ0) is 26.2. The molecule has 0 bridgehead atoms. The van der Waals surface area contributed by atoms with E-state index in [0.717, 1.165) is 66.4 Å². The van der Waals surface area contributed by atoms with E-state index in [9.17, 15) is 0 Å². The summed E-state index contributed by atoms with van der Waals surface area (Å²) in [4.78, 5) is 10.3. The molecule has 1 aliphatic heterocycles. The third-order valence-electron chi connectivity index (χ3n) is 7.99. The van der Waals surface area contributed by atoms with Crippen LogP contribution in [0, 0.1) is 0 Å². The van der Waals surface area contributed by atoms with E-state index in [1.807, 2.05) is 18.2 Å². The highest BCUT2D eigenvalue weighted by Gasteiger charge is 2.24. The molecule has 0 saturated carbocycles. The summed E-state index contributed by atoms with van der Waals surface area (Å²) < 4.78 is 8.71. The number of ether oxygens (including phenoxy) is 1. The number of aromatic nitrogens is 3. The van der Waals surface area contributed by atoms with Gasteiger partial charge < -0.3 is 4.74 Å². The van der Waals surface area contributed by atoms with E-state index in [-0.39, 0.29) is 0 Å². The quantitative estimate of drug-likeness (QED) is 0.232. The summed E-state index contributed by atoms with van der Waals surface area (Å²) in [5.74, 6) is 2.42. The Kier molecular flexibility index (Phi) is 4.30. The molecule has 40 heavy (non-hydrogen) atoms. The van der Waals surface area contributed by atoms with E-state index in [2.05, 4.69) is 114 Å². The first-order chi connectivity index (χ1) is 19.8. The van der Waals surface area contributed by atoms with Gasteiger partial charge in [-0.15, -0.1) is 0 Å². The van der Waals surface area contributed by atoms with Gasteiger partial charge in [-0.1, -0.05) is 97.1 Å². The molecule has 0 atom stereocenters. The molecule has 0 spiro atoms. The number of hydrogen-bond acceptors (Lipinski definition) is 3. The van der Waals surface area contributed by atoms with Gasteiger partial charge in [-0.25, -0.2) is 9.97 Å². The van der Waals surface area contributed by atoms with E-state index < -0.39 is 0 Å². The largest absolute Gasteiger partial charge is 0.456 e. The van der Waals surface area contributed by atoms with Crippen molar-refractivity contribution in [2.75, 3.05) is 0 Å². The Bertz CT molecular complexity index is 2300. The van der Waals surface area contributed by atoms with Crippen molar-refractivity contribution >= 4 is 43.5 Å². The highest BCUT2D eigenvalue weighted by molar-refractivity contribution is 6.13. The van der Waals surface area contributed by atoms with E-state index in [0.29, 0.717) is 5.95 Å². The smallest absolute Gasteiger partial charge is 0.235 e. The summed E-state index contributed by atoms with van der Waals surface area (Å²) in [6.07, 6.45) is 0. The fourth-order valence-corrected chi connectivity index (χ4v) is 6.22. The maximum atomic E-state index is 6.52. The van der Waals surface area contributed by atoms with Gasteiger partial charge in [0.1, 0.15) is 11.5 Å². The molecule has 3 heterocycles. The molecule has 0 amide bonds. The maximum absolute atomic E-state index is 6.52. The lowest BCUT2D eigenvalue weighted by Gasteiger charge is -2.21. The molecule has 9 rings (SSSR count). The second-order valence-electron chi connectivity index (χ2n) is 10.2. The molecular weight excluding hydrogens is 490 g/mol. The van der Waals surface area contributed by atoms with Gasteiger partial charge in [-0.2, -0.15) is 0 Å². The van der Waals surface area contributed by atoms with Crippen LogP contribution in [0.3, 0.4) is 0 Å². The molecule has 0 aliphatic carbocycles. The summed E-state index contributed by atoms with van der Waals surface area (Å²) in [6, 6.07) is 44.2. The molecule has 1 aliphatic rings. The summed E-state index contributed by atoms with van der Waals surface area (Å²) in [6.45, 7) is 0. The van der Waals surface area contributed by atoms with Crippen LogP contribution in [0.4, 0.5) is 0 Å². The van der Waals surface area contributed by atoms with Crippen LogP contribution in [-0.4, -0.2) is 14.5 Å². The molecule has 4 heteroatoms. The fraction of sp³-hybridized carbons (Fsp3) is 0. The Labute approximate surface area is 229 Å². The number of hydrogen-bond donors (Lipinski definition) is 0. The molecule has 2 aromatic heterocycles. The minimum atomic E-state index is 0.652. The van der Waals surface area contributed by atoms with Gasteiger partial charge in [0.05, 0.1) is 22.2 Å². The number of benzene rings is 6. The van der Waals surface area contributed by atoms with E-state index in [1.54, 1.807) is 0 Å². The van der Waals surface area contributed by atoms with Gasteiger partial charge in [0.2, 0.25) is 5.95 Å². The Balaban J connectivity index is 1.40. The summed E-state index contributed by atoms with van der Waals surface area (Å²) in [5.41, 5.74) is 7.27. The number of fused-ring (bicyclic) bond motifs is 6. The topological polar surface area (TPSA) is 39.9 Å². The minimum absolute atomic E-state index is 0.652. The molecule has 0 radical (unpaired) electrons. The monoisotopic (exact) mass is 511 g/mol. The van der Waals surface area contributed by atoms with Gasteiger partial charge in [-0.05, 0) is 41.3 Å². The Hall–Kier alpha value is -5.48. The molecular formula is C36H21N3O. The van der Waals surface area contributed by atoms with Gasteiger partial charge >= 0.3 is 0 Å². The molecule has 186 valence electrons. The van der Waals surface area contributed by atoms with Crippen molar-refractivity contribution in [2.24, 2.45) is 0 Å². The molecule has 0 saturated heterocycles. The van der Waals surface area contributed by atoms with Crippen molar-refractivity contribution in [3.63, 3.8) is 0 Å². The first kappa shape index (κ1) is 21.5. The second-order valence-corrected chi connectivity index (χ2v) is 10.2. The second kappa shape index (κ2) is 8.01. The Morgan fingerprint density at radius 3 is 2.20 bits per heavy atom. The first-order valence-electron chi connectivity index (χ1n) is 13.4. The molecule has 8 aromatic rings. The van der Waals surface area contributed by atoms with Crippen LogP contribution in [0.1, 0.15) is 0 Å². The van der Waals surface area contributed by atoms with E-state index in [4.69, 9.17) is 14.7 Å². The van der Waals surface area contributed by atoms with Crippen LogP contribution in [-0.2, 0) is 0 Å². The van der Waals surface area contributed by atoms with Crippen LogP contribution in [0.5, 0.6) is 11.5 Å². The van der Waals surface area contributed by atoms with Gasteiger partial charge in [0, 0.05) is 32.7 Å². The third kappa shape index (κ3) is 2.96. The Morgan fingerprint density at radius 1 is 0.525 bits per heavy atom. The predicted octanol–water partition coefficient (Wildman–Crippen LogP) is 9.32. The molecule has 0 N–H and O–H groups in total. The van der Waals surface area contributed by atoms with Crippen molar-refractivity contribution in [3.8, 4) is 39.8 Å². The third-order valence-corrected chi connectivity index (χ3v) is 7.99. The number of para-hydroxylation sites is 2. The highest BCUT2D eigenvalue weighted by Crippen LogP contribution is 2.49. The van der Waals surface area contributed by atoms with Crippen molar-refractivity contribution in [1.29, 1.82) is 0 Å². The van der Waals surface area contributed by atoms with Gasteiger partial charge in [-0.3, -0.25) is 4.57 Å². The SMILES string of the molecule is c1ccc(-c2nc(-n3c4ccccc4c4cc5c(cc43)-c3cccc4cccc(c34)O5)nc3ccccc23)cc1. The number of rotatable bonds is 2. The van der Waals surface area contributed by atoms with Crippen molar-refractivity contribution < 1.29 is 4.74 Å². The molecule has 0 unspecified atom stereocenters. The van der Waals surface area contributed by atoms with Crippen molar-refractivity contribution in [3.05, 3.63) is 127 Å². The highest BCUT2D eigenvalue weighted by atomic mass is 16.5. The van der Waals surface area contributed by atoms with Gasteiger partial charge in [0.25, 0.3) is 0 Å². The van der Waals surface area contributed by atoms with Crippen molar-refractivity contribution in [1.82, 2.24) is 14.5 Å².